The summed E-state index contributed by atoms with van der Waals surface area (Å²) in [6.07, 6.45) is 5.72. The van der Waals surface area contributed by atoms with Gasteiger partial charge in [-0.25, -0.2) is 9.07 Å². The number of hydrogen-bond donors (Lipinski definition) is 0. The molecule has 1 aliphatic heterocycles. The Morgan fingerprint density at radius 2 is 2.16 bits per heavy atom. The molecule has 7 heteroatoms. The van der Waals surface area contributed by atoms with E-state index in [9.17, 15) is 4.39 Å². The summed E-state index contributed by atoms with van der Waals surface area (Å²) in [6.45, 7) is 3.92. The first kappa shape index (κ1) is 16.0. The molecule has 1 atom stereocenters. The van der Waals surface area contributed by atoms with E-state index in [0.29, 0.717) is 6.61 Å². The zero-order valence-electron chi connectivity index (χ0n) is 13.8. The summed E-state index contributed by atoms with van der Waals surface area (Å²) in [5.74, 6) is -0.260. The summed E-state index contributed by atoms with van der Waals surface area (Å²) in [5.41, 5.74) is 1.69. The van der Waals surface area contributed by atoms with Gasteiger partial charge in [0.1, 0.15) is 5.82 Å². The third-order valence-electron chi connectivity index (χ3n) is 4.28. The van der Waals surface area contributed by atoms with Crippen molar-refractivity contribution in [2.75, 3.05) is 19.7 Å². The molecular weight excluding hydrogens is 321 g/mol. The van der Waals surface area contributed by atoms with Crippen LogP contribution in [0.5, 0.6) is 0 Å². The summed E-state index contributed by atoms with van der Waals surface area (Å²) >= 11 is 0. The summed E-state index contributed by atoms with van der Waals surface area (Å²) in [5, 5.41) is 8.80. The molecule has 1 aliphatic rings. The molecule has 1 saturated heterocycles. The van der Waals surface area contributed by atoms with Crippen LogP contribution in [0.15, 0.2) is 55.0 Å². The molecule has 130 valence electrons. The lowest BCUT2D eigenvalue weighted by Crippen LogP contribution is -2.43. The summed E-state index contributed by atoms with van der Waals surface area (Å²) < 4.78 is 22.8. The van der Waals surface area contributed by atoms with Gasteiger partial charge in [-0.2, -0.15) is 10.2 Å². The molecule has 1 aromatic carbocycles. The van der Waals surface area contributed by atoms with Crippen molar-refractivity contribution in [2.24, 2.45) is 0 Å². The number of morpholine rings is 1. The Bertz CT molecular complexity index is 817. The zero-order chi connectivity index (χ0) is 17.1. The molecule has 0 amide bonds. The van der Waals surface area contributed by atoms with Gasteiger partial charge in [0, 0.05) is 38.2 Å². The van der Waals surface area contributed by atoms with Crippen molar-refractivity contribution >= 4 is 0 Å². The third-order valence-corrected chi connectivity index (χ3v) is 4.28. The van der Waals surface area contributed by atoms with Crippen molar-refractivity contribution in [3.63, 3.8) is 0 Å². The molecule has 2 aromatic heterocycles. The van der Waals surface area contributed by atoms with Gasteiger partial charge in [-0.1, -0.05) is 6.07 Å². The quantitative estimate of drug-likeness (QED) is 0.713. The van der Waals surface area contributed by atoms with Gasteiger partial charge < -0.3 is 4.74 Å². The van der Waals surface area contributed by atoms with Gasteiger partial charge in [0.25, 0.3) is 0 Å². The Labute approximate surface area is 145 Å². The topological polar surface area (TPSA) is 48.1 Å². The van der Waals surface area contributed by atoms with E-state index < -0.39 is 0 Å². The smallest absolute Gasteiger partial charge is 0.125 e. The van der Waals surface area contributed by atoms with Crippen LogP contribution >= 0.6 is 0 Å². The summed E-state index contributed by atoms with van der Waals surface area (Å²) in [7, 11) is 0. The van der Waals surface area contributed by atoms with Gasteiger partial charge in [-0.3, -0.25) is 9.58 Å². The predicted molar refractivity (Wildman–Crippen MR) is 90.8 cm³/mol. The number of nitrogens with zero attached hydrogens (tertiary/aromatic N) is 5. The molecule has 3 heterocycles. The fraction of sp³-hybridized carbons (Fsp3) is 0.333. The van der Waals surface area contributed by atoms with Crippen molar-refractivity contribution < 1.29 is 9.13 Å². The Kier molecular flexibility index (Phi) is 4.58. The van der Waals surface area contributed by atoms with Crippen LogP contribution in [-0.4, -0.2) is 50.3 Å². The summed E-state index contributed by atoms with van der Waals surface area (Å²) in [4.78, 5) is 2.33. The Hall–Kier alpha value is -2.51. The monoisotopic (exact) mass is 341 g/mol. The van der Waals surface area contributed by atoms with Gasteiger partial charge in [-0.15, -0.1) is 0 Å². The normalized spacial score (nSPS) is 18.5. The average molecular weight is 341 g/mol. The van der Waals surface area contributed by atoms with Crippen LogP contribution < -0.4 is 0 Å². The van der Waals surface area contributed by atoms with E-state index in [-0.39, 0.29) is 11.9 Å². The number of aromatic nitrogens is 4. The average Bonchev–Trinajstić information content (AvgIpc) is 3.27. The minimum Gasteiger partial charge on any atom is -0.374 e. The minimum absolute atomic E-state index is 0.124. The van der Waals surface area contributed by atoms with Crippen LogP contribution in [0.4, 0.5) is 4.39 Å². The van der Waals surface area contributed by atoms with Gasteiger partial charge in [0.05, 0.1) is 30.6 Å². The van der Waals surface area contributed by atoms with Crippen LogP contribution in [0.2, 0.25) is 0 Å². The maximum Gasteiger partial charge on any atom is 0.125 e. The van der Waals surface area contributed by atoms with Gasteiger partial charge >= 0.3 is 0 Å². The molecule has 0 bridgehead atoms. The summed E-state index contributed by atoms with van der Waals surface area (Å²) in [6, 6.07) is 10.3. The molecular formula is C18H20FN5O. The van der Waals surface area contributed by atoms with E-state index in [2.05, 4.69) is 15.1 Å². The van der Waals surface area contributed by atoms with E-state index in [0.717, 1.165) is 37.6 Å². The van der Waals surface area contributed by atoms with Crippen LogP contribution in [0.25, 0.3) is 5.69 Å². The maximum atomic E-state index is 13.4. The zero-order valence-corrected chi connectivity index (χ0v) is 13.8. The fourth-order valence-electron chi connectivity index (χ4n) is 3.09. The fourth-order valence-corrected chi connectivity index (χ4v) is 3.09. The minimum atomic E-state index is -0.260. The second kappa shape index (κ2) is 7.16. The molecule has 0 unspecified atom stereocenters. The first-order valence-electron chi connectivity index (χ1n) is 8.38. The second-order valence-electron chi connectivity index (χ2n) is 6.19. The Balaban J connectivity index is 1.38. The number of ether oxygens (including phenoxy) is 1. The van der Waals surface area contributed by atoms with Gasteiger partial charge in [0.2, 0.25) is 0 Å². The van der Waals surface area contributed by atoms with Crippen molar-refractivity contribution in [1.29, 1.82) is 0 Å². The molecule has 1 fully saturated rings. The van der Waals surface area contributed by atoms with E-state index in [1.165, 1.54) is 12.1 Å². The van der Waals surface area contributed by atoms with Crippen LogP contribution in [0.3, 0.4) is 0 Å². The first-order chi connectivity index (χ1) is 12.3. The highest BCUT2D eigenvalue weighted by atomic mass is 19.1. The van der Waals surface area contributed by atoms with Crippen molar-refractivity contribution in [2.45, 2.75) is 19.2 Å². The van der Waals surface area contributed by atoms with Crippen LogP contribution in [0.1, 0.15) is 5.69 Å². The Morgan fingerprint density at radius 1 is 1.20 bits per heavy atom. The van der Waals surface area contributed by atoms with Gasteiger partial charge in [0.15, 0.2) is 0 Å². The van der Waals surface area contributed by atoms with Crippen LogP contribution in [-0.2, 0) is 17.8 Å². The number of benzene rings is 1. The standard InChI is InChI=1S/C18H20FN5O/c19-15-3-1-4-17(11-15)24-8-5-16(21-24)12-22-9-10-25-18(13-22)14-23-7-2-6-20-23/h1-8,11,18H,9-10,12-14H2/t18-/m1/s1. The molecule has 4 rings (SSSR count). The van der Waals surface area contributed by atoms with Crippen LogP contribution in [0, 0.1) is 5.82 Å². The maximum absolute atomic E-state index is 13.4. The molecule has 0 aliphatic carbocycles. The molecule has 0 radical (unpaired) electrons. The molecule has 0 saturated carbocycles. The molecule has 0 N–H and O–H groups in total. The van der Waals surface area contributed by atoms with Crippen molar-refractivity contribution in [3.05, 3.63) is 66.5 Å². The molecule has 6 nitrogen and oxygen atoms in total. The highest BCUT2D eigenvalue weighted by molar-refractivity contribution is 5.31. The van der Waals surface area contributed by atoms with E-state index in [1.807, 2.05) is 35.3 Å². The molecule has 25 heavy (non-hydrogen) atoms. The van der Waals surface area contributed by atoms with Crippen molar-refractivity contribution in [1.82, 2.24) is 24.5 Å². The largest absolute Gasteiger partial charge is 0.374 e. The van der Waals surface area contributed by atoms with E-state index in [1.54, 1.807) is 16.9 Å². The molecule has 3 aromatic rings. The first-order valence-corrected chi connectivity index (χ1v) is 8.38. The number of rotatable bonds is 5. The third kappa shape index (κ3) is 3.94. The lowest BCUT2D eigenvalue weighted by atomic mass is 10.2. The molecule has 0 spiro atoms. The van der Waals surface area contributed by atoms with Crippen molar-refractivity contribution in [3.8, 4) is 5.69 Å². The SMILES string of the molecule is Fc1cccc(-n2ccc(CN3CCO[C@@H](Cn4cccn4)C3)n2)c1. The second-order valence-corrected chi connectivity index (χ2v) is 6.19. The predicted octanol–water partition coefficient (Wildman–Crippen LogP) is 2.11. The van der Waals surface area contributed by atoms with Gasteiger partial charge in [-0.05, 0) is 30.3 Å². The number of hydrogen-bond acceptors (Lipinski definition) is 4. The highest BCUT2D eigenvalue weighted by Crippen LogP contribution is 2.13. The lowest BCUT2D eigenvalue weighted by molar-refractivity contribution is -0.0405. The lowest BCUT2D eigenvalue weighted by Gasteiger charge is -2.32. The van der Waals surface area contributed by atoms with E-state index in [4.69, 9.17) is 4.74 Å². The van der Waals surface area contributed by atoms with E-state index >= 15 is 0 Å². The highest BCUT2D eigenvalue weighted by Gasteiger charge is 2.21. The Morgan fingerprint density at radius 3 is 3.00 bits per heavy atom. The number of halogens is 1.